The van der Waals surface area contributed by atoms with E-state index in [9.17, 15) is 0 Å². The third-order valence-corrected chi connectivity index (χ3v) is 3.94. The molecule has 2 rings (SSSR count). The van der Waals surface area contributed by atoms with E-state index in [1.54, 1.807) is 14.2 Å². The molecule has 0 aliphatic heterocycles. The Hall–Kier alpha value is -1.71. The summed E-state index contributed by atoms with van der Waals surface area (Å²) in [5, 5.41) is 0.742. The number of rotatable bonds is 5. The molecule has 0 aromatic heterocycles. The highest BCUT2D eigenvalue weighted by Crippen LogP contribution is 2.33. The number of methoxy groups -OCH3 is 2. The molecular weight excluding hydrogens is 286 g/mol. The summed E-state index contributed by atoms with van der Waals surface area (Å²) < 4.78 is 10.7. The molecule has 0 saturated heterocycles. The van der Waals surface area contributed by atoms with Crippen molar-refractivity contribution < 1.29 is 9.47 Å². The van der Waals surface area contributed by atoms with Crippen LogP contribution in [0.25, 0.3) is 0 Å². The molecule has 0 heterocycles. The van der Waals surface area contributed by atoms with E-state index in [2.05, 4.69) is 0 Å². The third-order valence-electron chi connectivity index (χ3n) is 3.57. The second-order valence-corrected chi connectivity index (χ2v) is 5.37. The van der Waals surface area contributed by atoms with Crippen LogP contribution in [0.1, 0.15) is 22.7 Å². The topological polar surface area (TPSA) is 44.5 Å². The highest BCUT2D eigenvalue weighted by molar-refractivity contribution is 6.31. The summed E-state index contributed by atoms with van der Waals surface area (Å²) >= 11 is 6.20. The van der Waals surface area contributed by atoms with Crippen molar-refractivity contribution in [2.75, 3.05) is 14.2 Å². The molecule has 1 atom stereocenters. The van der Waals surface area contributed by atoms with Crippen molar-refractivity contribution in [3.8, 4) is 11.5 Å². The lowest BCUT2D eigenvalue weighted by molar-refractivity contribution is 0.354. The van der Waals surface area contributed by atoms with E-state index >= 15 is 0 Å². The first-order valence-corrected chi connectivity index (χ1v) is 7.16. The molecular formula is C17H20ClNO2. The van der Waals surface area contributed by atoms with Gasteiger partial charge >= 0.3 is 0 Å². The van der Waals surface area contributed by atoms with Crippen molar-refractivity contribution in [3.63, 3.8) is 0 Å². The van der Waals surface area contributed by atoms with Gasteiger partial charge in [0.05, 0.1) is 14.2 Å². The van der Waals surface area contributed by atoms with Crippen LogP contribution in [-0.2, 0) is 6.42 Å². The number of hydrogen-bond donors (Lipinski definition) is 1. The van der Waals surface area contributed by atoms with Crippen molar-refractivity contribution in [1.82, 2.24) is 0 Å². The molecule has 0 amide bonds. The van der Waals surface area contributed by atoms with Crippen molar-refractivity contribution in [3.05, 3.63) is 58.1 Å². The van der Waals surface area contributed by atoms with E-state index in [0.29, 0.717) is 17.9 Å². The number of ether oxygens (including phenoxy) is 2. The Kier molecular flexibility index (Phi) is 5.10. The molecule has 2 N–H and O–H groups in total. The minimum absolute atomic E-state index is 0.148. The van der Waals surface area contributed by atoms with Crippen molar-refractivity contribution in [1.29, 1.82) is 0 Å². The quantitative estimate of drug-likeness (QED) is 0.911. The van der Waals surface area contributed by atoms with Crippen LogP contribution in [0.3, 0.4) is 0 Å². The highest BCUT2D eigenvalue weighted by atomic mass is 35.5. The normalized spacial score (nSPS) is 12.0. The molecule has 2 aromatic carbocycles. The fourth-order valence-corrected chi connectivity index (χ4v) is 2.62. The van der Waals surface area contributed by atoms with Crippen molar-refractivity contribution in [2.24, 2.45) is 5.73 Å². The van der Waals surface area contributed by atoms with Gasteiger partial charge in [-0.1, -0.05) is 29.8 Å². The first-order chi connectivity index (χ1) is 10.1. The molecule has 0 aliphatic carbocycles. The molecule has 1 unspecified atom stereocenters. The van der Waals surface area contributed by atoms with Crippen LogP contribution in [0.4, 0.5) is 0 Å². The zero-order valence-corrected chi connectivity index (χ0v) is 13.3. The minimum Gasteiger partial charge on any atom is -0.493 e. The molecule has 0 saturated carbocycles. The maximum absolute atomic E-state index is 6.36. The van der Waals surface area contributed by atoms with Gasteiger partial charge in [0.25, 0.3) is 0 Å². The van der Waals surface area contributed by atoms with E-state index in [1.807, 2.05) is 43.3 Å². The van der Waals surface area contributed by atoms with E-state index < -0.39 is 0 Å². The summed E-state index contributed by atoms with van der Waals surface area (Å²) in [6.45, 7) is 2.02. The average molecular weight is 306 g/mol. The van der Waals surface area contributed by atoms with E-state index in [-0.39, 0.29) is 6.04 Å². The smallest absolute Gasteiger partial charge is 0.161 e. The second-order valence-electron chi connectivity index (χ2n) is 4.97. The molecule has 3 nitrogen and oxygen atoms in total. The predicted molar refractivity (Wildman–Crippen MR) is 86.4 cm³/mol. The lowest BCUT2D eigenvalue weighted by Crippen LogP contribution is -2.15. The lowest BCUT2D eigenvalue weighted by Gasteiger charge is -2.18. The summed E-state index contributed by atoms with van der Waals surface area (Å²) in [7, 11) is 3.25. The minimum atomic E-state index is -0.148. The van der Waals surface area contributed by atoms with Gasteiger partial charge < -0.3 is 15.2 Å². The van der Waals surface area contributed by atoms with Crippen LogP contribution in [0, 0.1) is 6.92 Å². The maximum Gasteiger partial charge on any atom is 0.161 e. The highest BCUT2D eigenvalue weighted by Gasteiger charge is 2.15. The summed E-state index contributed by atoms with van der Waals surface area (Å²) in [6.07, 6.45) is 0.677. The Labute approximate surface area is 130 Å². The van der Waals surface area contributed by atoms with Gasteiger partial charge in [-0.2, -0.15) is 0 Å². The SMILES string of the molecule is COc1cc(C)c(C(N)Cc2ccccc2Cl)cc1OC. The van der Waals surface area contributed by atoms with E-state index in [0.717, 1.165) is 21.7 Å². The first-order valence-electron chi connectivity index (χ1n) is 6.78. The van der Waals surface area contributed by atoms with Crippen LogP contribution < -0.4 is 15.2 Å². The molecule has 0 radical (unpaired) electrons. The number of halogens is 1. The fraction of sp³-hybridized carbons (Fsp3) is 0.294. The predicted octanol–water partition coefficient (Wildman–Crippen LogP) is 3.91. The molecule has 0 fully saturated rings. The van der Waals surface area contributed by atoms with Crippen LogP contribution in [0.15, 0.2) is 36.4 Å². The van der Waals surface area contributed by atoms with Gasteiger partial charge in [0.2, 0.25) is 0 Å². The van der Waals surface area contributed by atoms with Gasteiger partial charge in [-0.05, 0) is 48.2 Å². The lowest BCUT2D eigenvalue weighted by atomic mass is 9.95. The monoisotopic (exact) mass is 305 g/mol. The largest absolute Gasteiger partial charge is 0.493 e. The standard InChI is InChI=1S/C17H20ClNO2/c1-11-8-16(20-2)17(21-3)10-13(11)15(19)9-12-6-4-5-7-14(12)18/h4-8,10,15H,9,19H2,1-3H3. The first kappa shape index (κ1) is 15.7. The number of nitrogens with two attached hydrogens (primary N) is 1. The maximum atomic E-state index is 6.36. The van der Waals surface area contributed by atoms with Gasteiger partial charge in [-0.3, -0.25) is 0 Å². The number of benzene rings is 2. The molecule has 4 heteroatoms. The Morgan fingerprint density at radius 1 is 1.10 bits per heavy atom. The zero-order valence-electron chi connectivity index (χ0n) is 12.5. The van der Waals surface area contributed by atoms with Crippen LogP contribution >= 0.6 is 11.6 Å². The van der Waals surface area contributed by atoms with Gasteiger partial charge in [-0.15, -0.1) is 0 Å². The van der Waals surface area contributed by atoms with Crippen molar-refractivity contribution >= 4 is 11.6 Å². The van der Waals surface area contributed by atoms with Crippen LogP contribution in [-0.4, -0.2) is 14.2 Å². The Balaban J connectivity index is 2.31. The Morgan fingerprint density at radius 3 is 2.33 bits per heavy atom. The van der Waals surface area contributed by atoms with E-state index in [4.69, 9.17) is 26.8 Å². The number of aryl methyl sites for hydroxylation is 1. The summed E-state index contributed by atoms with van der Waals surface area (Å²) in [4.78, 5) is 0. The van der Waals surface area contributed by atoms with Gasteiger partial charge in [0.1, 0.15) is 0 Å². The summed E-state index contributed by atoms with van der Waals surface area (Å²) in [5.41, 5.74) is 9.51. The van der Waals surface area contributed by atoms with Crippen molar-refractivity contribution in [2.45, 2.75) is 19.4 Å². The Bertz CT molecular complexity index is 628. The molecule has 21 heavy (non-hydrogen) atoms. The average Bonchev–Trinajstić information content (AvgIpc) is 2.49. The van der Waals surface area contributed by atoms with Crippen LogP contribution in [0.2, 0.25) is 5.02 Å². The molecule has 0 aliphatic rings. The zero-order chi connectivity index (χ0) is 15.4. The molecule has 0 spiro atoms. The Morgan fingerprint density at radius 2 is 1.71 bits per heavy atom. The number of hydrogen-bond acceptors (Lipinski definition) is 3. The summed E-state index contributed by atoms with van der Waals surface area (Å²) in [6, 6.07) is 11.5. The van der Waals surface area contributed by atoms with E-state index in [1.165, 1.54) is 0 Å². The molecule has 0 bridgehead atoms. The molecule has 112 valence electrons. The van der Waals surface area contributed by atoms with Crippen LogP contribution in [0.5, 0.6) is 11.5 Å². The molecule has 2 aromatic rings. The third kappa shape index (κ3) is 3.49. The fourth-order valence-electron chi connectivity index (χ4n) is 2.41. The second kappa shape index (κ2) is 6.83. The van der Waals surface area contributed by atoms with Gasteiger partial charge in [-0.25, -0.2) is 0 Å². The summed E-state index contributed by atoms with van der Waals surface area (Å²) in [5.74, 6) is 1.40. The van der Waals surface area contributed by atoms with Gasteiger partial charge in [0.15, 0.2) is 11.5 Å². The van der Waals surface area contributed by atoms with Gasteiger partial charge in [0, 0.05) is 11.1 Å².